The SMILES string of the molecule is CC1=C(CN2CC(C(=O)O)C2)CCc2cc(OCCC3CCc4cc(F)ccc43)ccc21. The molecule has 1 unspecified atom stereocenters. The zero-order valence-electron chi connectivity index (χ0n) is 18.6. The molecule has 1 aliphatic heterocycles. The van der Waals surface area contributed by atoms with E-state index in [1.165, 1.54) is 27.8 Å². The molecule has 5 heteroatoms. The average Bonchev–Trinajstić information content (AvgIpc) is 3.13. The Balaban J connectivity index is 1.18. The van der Waals surface area contributed by atoms with E-state index in [0.29, 0.717) is 25.6 Å². The Hall–Kier alpha value is -2.66. The minimum atomic E-state index is -0.681. The van der Waals surface area contributed by atoms with E-state index in [0.717, 1.165) is 50.0 Å². The van der Waals surface area contributed by atoms with Crippen LogP contribution >= 0.6 is 0 Å². The number of aryl methyl sites for hydroxylation is 2. The molecule has 0 aromatic heterocycles. The second-order valence-electron chi connectivity index (χ2n) is 9.49. The van der Waals surface area contributed by atoms with E-state index in [-0.39, 0.29) is 11.7 Å². The first-order valence-electron chi connectivity index (χ1n) is 11.7. The lowest BCUT2D eigenvalue weighted by Crippen LogP contribution is -2.50. The summed E-state index contributed by atoms with van der Waals surface area (Å²) < 4.78 is 19.5. The van der Waals surface area contributed by atoms with Gasteiger partial charge < -0.3 is 9.84 Å². The molecule has 1 fully saturated rings. The number of carboxylic acid groups (broad SMARTS) is 1. The lowest BCUT2D eigenvalue weighted by atomic mass is 9.85. The van der Waals surface area contributed by atoms with Gasteiger partial charge in [0.2, 0.25) is 0 Å². The van der Waals surface area contributed by atoms with Crippen LogP contribution in [0.3, 0.4) is 0 Å². The first-order valence-corrected chi connectivity index (χ1v) is 11.7. The molecule has 0 bridgehead atoms. The van der Waals surface area contributed by atoms with Gasteiger partial charge in [-0.15, -0.1) is 0 Å². The van der Waals surface area contributed by atoms with Crippen LogP contribution in [0, 0.1) is 11.7 Å². The fraction of sp³-hybridized carbons (Fsp3) is 0.444. The number of nitrogens with zero attached hydrogens (tertiary/aromatic N) is 1. The van der Waals surface area contributed by atoms with Crippen molar-refractivity contribution in [2.75, 3.05) is 26.2 Å². The maximum Gasteiger partial charge on any atom is 0.309 e. The number of allylic oxidation sites excluding steroid dienone is 1. The van der Waals surface area contributed by atoms with Gasteiger partial charge in [0.1, 0.15) is 11.6 Å². The highest BCUT2D eigenvalue weighted by Crippen LogP contribution is 2.37. The van der Waals surface area contributed by atoms with Crippen molar-refractivity contribution < 1.29 is 19.0 Å². The molecule has 2 aromatic carbocycles. The van der Waals surface area contributed by atoms with Gasteiger partial charge in [-0.25, -0.2) is 4.39 Å². The van der Waals surface area contributed by atoms with Crippen LogP contribution in [-0.4, -0.2) is 42.2 Å². The van der Waals surface area contributed by atoms with E-state index in [9.17, 15) is 9.18 Å². The molecule has 168 valence electrons. The molecule has 1 atom stereocenters. The van der Waals surface area contributed by atoms with Crippen LogP contribution in [0.1, 0.15) is 54.4 Å². The molecule has 0 amide bonds. The van der Waals surface area contributed by atoms with E-state index in [2.05, 4.69) is 30.0 Å². The van der Waals surface area contributed by atoms with E-state index in [1.807, 2.05) is 6.07 Å². The molecule has 32 heavy (non-hydrogen) atoms. The first kappa shape index (κ1) is 21.2. The fourth-order valence-electron chi connectivity index (χ4n) is 5.51. The Morgan fingerprint density at radius 2 is 1.97 bits per heavy atom. The van der Waals surface area contributed by atoms with Gasteiger partial charge in [-0.3, -0.25) is 9.69 Å². The van der Waals surface area contributed by atoms with E-state index in [1.54, 1.807) is 12.1 Å². The van der Waals surface area contributed by atoms with Crippen molar-refractivity contribution >= 4 is 11.5 Å². The average molecular weight is 436 g/mol. The molecular formula is C27H30FNO3. The smallest absolute Gasteiger partial charge is 0.309 e. The molecule has 3 aliphatic rings. The van der Waals surface area contributed by atoms with Gasteiger partial charge in [0.15, 0.2) is 0 Å². The second-order valence-corrected chi connectivity index (χ2v) is 9.49. The summed E-state index contributed by atoms with van der Waals surface area (Å²) in [5.41, 5.74) is 7.81. The van der Waals surface area contributed by atoms with E-state index >= 15 is 0 Å². The van der Waals surface area contributed by atoms with Gasteiger partial charge in [0.05, 0.1) is 12.5 Å². The number of likely N-dealkylation sites (tertiary alicyclic amines) is 1. The predicted molar refractivity (Wildman–Crippen MR) is 122 cm³/mol. The standard InChI is InChI=1S/C27H30FNO3/c1-17-21(14-29-15-22(16-29)27(30)31)5-4-20-13-24(7-9-25(17)20)32-11-10-18-2-3-19-12-23(28)6-8-26(18)19/h6-9,12-13,18,22H,2-5,10-11,14-16H2,1H3,(H,30,31). The molecule has 5 rings (SSSR count). The number of halogens is 1. The maximum absolute atomic E-state index is 13.4. The number of aliphatic carboxylic acids is 1. The van der Waals surface area contributed by atoms with Crippen molar-refractivity contribution in [3.8, 4) is 5.75 Å². The van der Waals surface area contributed by atoms with Gasteiger partial charge in [-0.05, 0) is 97.0 Å². The summed E-state index contributed by atoms with van der Waals surface area (Å²) in [5.74, 6) is 0.351. The van der Waals surface area contributed by atoms with Crippen molar-refractivity contribution in [3.05, 3.63) is 70.0 Å². The van der Waals surface area contributed by atoms with Crippen molar-refractivity contribution in [3.63, 3.8) is 0 Å². The summed E-state index contributed by atoms with van der Waals surface area (Å²) in [6.07, 6.45) is 5.00. The van der Waals surface area contributed by atoms with Gasteiger partial charge in [-0.2, -0.15) is 0 Å². The fourth-order valence-corrected chi connectivity index (χ4v) is 5.51. The van der Waals surface area contributed by atoms with Gasteiger partial charge >= 0.3 is 5.97 Å². The van der Waals surface area contributed by atoms with E-state index < -0.39 is 5.97 Å². The summed E-state index contributed by atoms with van der Waals surface area (Å²) in [5, 5.41) is 9.08. The number of carbonyl (C=O) groups is 1. The van der Waals surface area contributed by atoms with Crippen LogP contribution in [0.4, 0.5) is 4.39 Å². The van der Waals surface area contributed by atoms with Crippen LogP contribution in [-0.2, 0) is 17.6 Å². The monoisotopic (exact) mass is 435 g/mol. The normalized spacial score (nSPS) is 20.6. The number of hydrogen-bond donors (Lipinski definition) is 1. The molecular weight excluding hydrogens is 405 g/mol. The molecule has 2 aliphatic carbocycles. The van der Waals surface area contributed by atoms with Gasteiger partial charge in [0, 0.05) is 19.6 Å². The number of benzene rings is 2. The molecule has 2 aromatic rings. The molecule has 0 radical (unpaired) electrons. The molecule has 1 heterocycles. The van der Waals surface area contributed by atoms with Crippen LogP contribution in [0.2, 0.25) is 0 Å². The number of hydrogen-bond acceptors (Lipinski definition) is 3. The number of fused-ring (bicyclic) bond motifs is 2. The largest absolute Gasteiger partial charge is 0.494 e. The summed E-state index contributed by atoms with van der Waals surface area (Å²) in [7, 11) is 0. The number of ether oxygens (including phenoxy) is 1. The van der Waals surface area contributed by atoms with Crippen LogP contribution < -0.4 is 4.74 Å². The molecule has 1 saturated heterocycles. The summed E-state index contributed by atoms with van der Waals surface area (Å²) in [4.78, 5) is 13.3. The Morgan fingerprint density at radius 1 is 1.12 bits per heavy atom. The lowest BCUT2D eigenvalue weighted by molar-refractivity contribution is -0.147. The van der Waals surface area contributed by atoms with Crippen LogP contribution in [0.15, 0.2) is 42.0 Å². The summed E-state index contributed by atoms with van der Waals surface area (Å²) in [6.45, 7) is 5.04. The topological polar surface area (TPSA) is 49.8 Å². The molecule has 0 saturated carbocycles. The quantitative estimate of drug-likeness (QED) is 0.660. The summed E-state index contributed by atoms with van der Waals surface area (Å²) >= 11 is 0. The molecule has 4 nitrogen and oxygen atoms in total. The highest BCUT2D eigenvalue weighted by molar-refractivity contribution is 5.73. The second kappa shape index (κ2) is 8.70. The third-order valence-corrected chi connectivity index (χ3v) is 7.47. The summed E-state index contributed by atoms with van der Waals surface area (Å²) in [6, 6.07) is 11.6. The predicted octanol–water partition coefficient (Wildman–Crippen LogP) is 5.06. The molecule has 1 N–H and O–H groups in total. The highest BCUT2D eigenvalue weighted by Gasteiger charge is 2.33. The van der Waals surface area contributed by atoms with E-state index in [4.69, 9.17) is 9.84 Å². The van der Waals surface area contributed by atoms with Crippen molar-refractivity contribution in [1.29, 1.82) is 0 Å². The minimum absolute atomic E-state index is 0.142. The Morgan fingerprint density at radius 3 is 2.78 bits per heavy atom. The zero-order chi connectivity index (χ0) is 22.2. The Bertz CT molecular complexity index is 1070. The van der Waals surface area contributed by atoms with Crippen molar-refractivity contribution in [2.24, 2.45) is 5.92 Å². The number of rotatable bonds is 7. The number of carboxylic acids is 1. The molecule has 0 spiro atoms. The Labute approximate surface area is 188 Å². The van der Waals surface area contributed by atoms with Gasteiger partial charge in [-0.1, -0.05) is 17.7 Å². The third kappa shape index (κ3) is 4.18. The van der Waals surface area contributed by atoms with Gasteiger partial charge in [0.25, 0.3) is 0 Å². The van der Waals surface area contributed by atoms with Crippen molar-refractivity contribution in [2.45, 2.75) is 44.9 Å². The van der Waals surface area contributed by atoms with Crippen LogP contribution in [0.25, 0.3) is 5.57 Å². The lowest BCUT2D eigenvalue weighted by Gasteiger charge is -2.38. The Kier molecular flexibility index (Phi) is 5.76. The minimum Gasteiger partial charge on any atom is -0.494 e. The van der Waals surface area contributed by atoms with Crippen LogP contribution in [0.5, 0.6) is 5.75 Å². The zero-order valence-corrected chi connectivity index (χ0v) is 18.6. The first-order chi connectivity index (χ1) is 15.5. The maximum atomic E-state index is 13.4. The van der Waals surface area contributed by atoms with Crippen molar-refractivity contribution in [1.82, 2.24) is 4.90 Å². The third-order valence-electron chi connectivity index (χ3n) is 7.47. The highest BCUT2D eigenvalue weighted by atomic mass is 19.1.